The number of carbonyl (C=O) groups is 1. The standard InChI is InChI=1S/C13H16N4O2/c1-9-4-6-12(7-5-9)13-14-16-17(15-13)8-10(2)19-11(3)18/h4-7,10H,8H2,1-3H3. The molecule has 0 aliphatic rings. The largest absolute Gasteiger partial charge is 0.461 e. The Hall–Kier alpha value is -2.24. The van der Waals surface area contributed by atoms with Crippen molar-refractivity contribution in [3.8, 4) is 11.4 Å². The minimum atomic E-state index is -0.314. The Kier molecular flexibility index (Phi) is 3.89. The van der Waals surface area contributed by atoms with Crippen molar-refractivity contribution >= 4 is 5.97 Å². The fraction of sp³-hybridized carbons (Fsp3) is 0.385. The van der Waals surface area contributed by atoms with Crippen LogP contribution in [0.4, 0.5) is 0 Å². The number of tetrazole rings is 1. The predicted molar refractivity (Wildman–Crippen MR) is 69.2 cm³/mol. The van der Waals surface area contributed by atoms with Crippen molar-refractivity contribution < 1.29 is 9.53 Å². The molecule has 19 heavy (non-hydrogen) atoms. The molecule has 0 N–H and O–H groups in total. The van der Waals surface area contributed by atoms with Crippen LogP contribution in [0, 0.1) is 6.92 Å². The van der Waals surface area contributed by atoms with Crippen LogP contribution in [0.15, 0.2) is 24.3 Å². The van der Waals surface area contributed by atoms with E-state index in [1.165, 1.54) is 17.3 Å². The fourth-order valence-electron chi connectivity index (χ4n) is 1.69. The van der Waals surface area contributed by atoms with E-state index in [1.807, 2.05) is 31.2 Å². The normalized spacial score (nSPS) is 12.2. The lowest BCUT2D eigenvalue weighted by atomic mass is 10.1. The Balaban J connectivity index is 2.06. The summed E-state index contributed by atoms with van der Waals surface area (Å²) in [5.41, 5.74) is 2.09. The smallest absolute Gasteiger partial charge is 0.302 e. The molecule has 0 aliphatic heterocycles. The number of hydrogen-bond acceptors (Lipinski definition) is 5. The molecule has 0 bridgehead atoms. The van der Waals surface area contributed by atoms with Gasteiger partial charge < -0.3 is 4.74 Å². The van der Waals surface area contributed by atoms with E-state index in [0.29, 0.717) is 12.4 Å². The molecule has 1 atom stereocenters. The molecule has 1 aromatic carbocycles. The number of nitrogens with zero attached hydrogens (tertiary/aromatic N) is 4. The van der Waals surface area contributed by atoms with Crippen LogP contribution in [0.1, 0.15) is 19.4 Å². The van der Waals surface area contributed by atoms with Crippen LogP contribution in [0.3, 0.4) is 0 Å². The molecule has 0 radical (unpaired) electrons. The first-order valence-corrected chi connectivity index (χ1v) is 6.06. The molecule has 0 saturated heterocycles. The fourth-order valence-corrected chi connectivity index (χ4v) is 1.69. The lowest BCUT2D eigenvalue weighted by Crippen LogP contribution is -2.20. The summed E-state index contributed by atoms with van der Waals surface area (Å²) < 4.78 is 5.02. The third kappa shape index (κ3) is 3.61. The van der Waals surface area contributed by atoms with Crippen LogP contribution in [-0.4, -0.2) is 32.3 Å². The Bertz CT molecular complexity index is 562. The molecular formula is C13H16N4O2. The van der Waals surface area contributed by atoms with Crippen molar-refractivity contribution in [1.29, 1.82) is 0 Å². The minimum absolute atomic E-state index is 0.280. The maximum Gasteiger partial charge on any atom is 0.302 e. The second kappa shape index (κ2) is 5.60. The van der Waals surface area contributed by atoms with Gasteiger partial charge in [0.25, 0.3) is 0 Å². The van der Waals surface area contributed by atoms with Gasteiger partial charge in [0.2, 0.25) is 5.82 Å². The van der Waals surface area contributed by atoms with Gasteiger partial charge in [0, 0.05) is 12.5 Å². The monoisotopic (exact) mass is 260 g/mol. The molecule has 0 amide bonds. The Morgan fingerprint density at radius 3 is 2.68 bits per heavy atom. The third-order valence-electron chi connectivity index (χ3n) is 2.55. The topological polar surface area (TPSA) is 69.9 Å². The molecule has 0 aliphatic carbocycles. The molecular weight excluding hydrogens is 244 g/mol. The summed E-state index contributed by atoms with van der Waals surface area (Å²) >= 11 is 0. The second-order valence-corrected chi connectivity index (χ2v) is 4.45. The highest BCUT2D eigenvalue weighted by Gasteiger charge is 2.10. The van der Waals surface area contributed by atoms with Gasteiger partial charge in [-0.2, -0.15) is 4.80 Å². The Labute approximate surface area is 111 Å². The number of benzene rings is 1. The van der Waals surface area contributed by atoms with Gasteiger partial charge in [-0.1, -0.05) is 29.8 Å². The zero-order valence-corrected chi connectivity index (χ0v) is 11.2. The lowest BCUT2D eigenvalue weighted by Gasteiger charge is -2.09. The van der Waals surface area contributed by atoms with Gasteiger partial charge in [-0.05, 0) is 19.1 Å². The summed E-state index contributed by atoms with van der Waals surface area (Å²) in [6, 6.07) is 7.90. The van der Waals surface area contributed by atoms with E-state index in [4.69, 9.17) is 4.74 Å². The van der Waals surface area contributed by atoms with Crippen molar-refractivity contribution in [2.24, 2.45) is 0 Å². The number of ether oxygens (including phenoxy) is 1. The lowest BCUT2D eigenvalue weighted by molar-refractivity contribution is -0.146. The summed E-state index contributed by atoms with van der Waals surface area (Å²) in [6.07, 6.45) is -0.280. The quantitative estimate of drug-likeness (QED) is 0.781. The van der Waals surface area contributed by atoms with E-state index in [0.717, 1.165) is 5.56 Å². The van der Waals surface area contributed by atoms with Gasteiger partial charge in [0.15, 0.2) is 0 Å². The first-order valence-electron chi connectivity index (χ1n) is 6.06. The van der Waals surface area contributed by atoms with Crippen molar-refractivity contribution in [3.05, 3.63) is 29.8 Å². The van der Waals surface area contributed by atoms with Crippen LogP contribution in [0.2, 0.25) is 0 Å². The van der Waals surface area contributed by atoms with Gasteiger partial charge in [-0.3, -0.25) is 4.79 Å². The molecule has 1 unspecified atom stereocenters. The molecule has 6 nitrogen and oxygen atoms in total. The summed E-state index contributed by atoms with van der Waals surface area (Å²) in [4.78, 5) is 12.2. The van der Waals surface area contributed by atoms with Crippen LogP contribution in [-0.2, 0) is 16.1 Å². The van der Waals surface area contributed by atoms with Gasteiger partial charge in [-0.15, -0.1) is 10.2 Å². The van der Waals surface area contributed by atoms with Crippen LogP contribution < -0.4 is 0 Å². The van der Waals surface area contributed by atoms with E-state index in [2.05, 4.69) is 15.4 Å². The maximum absolute atomic E-state index is 10.8. The molecule has 0 saturated carbocycles. The Morgan fingerprint density at radius 1 is 1.37 bits per heavy atom. The van der Waals surface area contributed by atoms with Gasteiger partial charge >= 0.3 is 5.97 Å². The third-order valence-corrected chi connectivity index (χ3v) is 2.55. The van der Waals surface area contributed by atoms with Crippen LogP contribution >= 0.6 is 0 Å². The molecule has 0 fully saturated rings. The first-order chi connectivity index (χ1) is 9.04. The van der Waals surface area contributed by atoms with Crippen molar-refractivity contribution in [2.75, 3.05) is 0 Å². The molecule has 100 valence electrons. The summed E-state index contributed by atoms with van der Waals surface area (Å²) in [6.45, 7) is 5.58. The van der Waals surface area contributed by atoms with Crippen molar-refractivity contribution in [2.45, 2.75) is 33.4 Å². The molecule has 6 heteroatoms. The molecule has 1 heterocycles. The van der Waals surface area contributed by atoms with E-state index in [-0.39, 0.29) is 12.1 Å². The minimum Gasteiger partial charge on any atom is -0.461 e. The highest BCUT2D eigenvalue weighted by atomic mass is 16.5. The number of esters is 1. The zero-order chi connectivity index (χ0) is 13.8. The average Bonchev–Trinajstić information content (AvgIpc) is 2.77. The molecule has 2 aromatic rings. The van der Waals surface area contributed by atoms with E-state index in [1.54, 1.807) is 6.92 Å². The van der Waals surface area contributed by atoms with Gasteiger partial charge in [-0.25, -0.2) is 0 Å². The highest BCUT2D eigenvalue weighted by Crippen LogP contribution is 2.14. The van der Waals surface area contributed by atoms with Crippen molar-refractivity contribution in [3.63, 3.8) is 0 Å². The number of carbonyl (C=O) groups excluding carboxylic acids is 1. The first kappa shape index (κ1) is 13.2. The molecule has 0 spiro atoms. The van der Waals surface area contributed by atoms with Crippen LogP contribution in [0.5, 0.6) is 0 Å². The number of aromatic nitrogens is 4. The van der Waals surface area contributed by atoms with Gasteiger partial charge in [0.1, 0.15) is 6.10 Å². The number of rotatable bonds is 4. The summed E-state index contributed by atoms with van der Waals surface area (Å²) in [5.74, 6) is 0.251. The SMILES string of the molecule is CC(=O)OC(C)Cn1nnc(-c2ccc(C)cc2)n1. The molecule has 2 rings (SSSR count). The highest BCUT2D eigenvalue weighted by molar-refractivity contribution is 5.66. The average molecular weight is 260 g/mol. The maximum atomic E-state index is 10.8. The van der Waals surface area contributed by atoms with E-state index in [9.17, 15) is 4.79 Å². The summed E-state index contributed by atoms with van der Waals surface area (Å²) in [7, 11) is 0. The second-order valence-electron chi connectivity index (χ2n) is 4.45. The Morgan fingerprint density at radius 2 is 2.05 bits per heavy atom. The number of aryl methyl sites for hydroxylation is 1. The van der Waals surface area contributed by atoms with Crippen LogP contribution in [0.25, 0.3) is 11.4 Å². The summed E-state index contributed by atoms with van der Waals surface area (Å²) in [5, 5.41) is 12.2. The zero-order valence-electron chi connectivity index (χ0n) is 11.2. The van der Waals surface area contributed by atoms with Gasteiger partial charge in [0.05, 0.1) is 6.54 Å². The van der Waals surface area contributed by atoms with E-state index >= 15 is 0 Å². The van der Waals surface area contributed by atoms with Crippen molar-refractivity contribution in [1.82, 2.24) is 20.2 Å². The predicted octanol–water partition coefficient (Wildman–Crippen LogP) is 1.60. The van der Waals surface area contributed by atoms with E-state index < -0.39 is 0 Å². The number of hydrogen-bond donors (Lipinski definition) is 0. The molecule has 1 aromatic heterocycles.